The summed E-state index contributed by atoms with van der Waals surface area (Å²) in [6.07, 6.45) is -8.46. The normalized spacial score (nSPS) is 21.1. The minimum Gasteiger partial charge on any atom is -0.401 e. The lowest BCUT2D eigenvalue weighted by Crippen LogP contribution is -2.55. The van der Waals surface area contributed by atoms with Gasteiger partial charge in [0.25, 0.3) is 0 Å². The number of hydrogen-bond acceptors (Lipinski definition) is 8. The third kappa shape index (κ3) is 5.34. The number of fused-ring (bicyclic) bond motifs is 1. The topological polar surface area (TPSA) is 90.0 Å². The van der Waals surface area contributed by atoms with Gasteiger partial charge in [-0.2, -0.15) is 31.3 Å². The van der Waals surface area contributed by atoms with Gasteiger partial charge in [-0.15, -0.1) is 0 Å². The Hall–Kier alpha value is -2.77. The van der Waals surface area contributed by atoms with E-state index >= 15 is 0 Å². The molecule has 3 rings (SSSR count). The van der Waals surface area contributed by atoms with E-state index in [0.717, 1.165) is 19.3 Å². The van der Waals surface area contributed by atoms with Crippen molar-refractivity contribution in [3.8, 4) is 5.88 Å². The predicted octanol–water partition coefficient (Wildman–Crippen LogP) is 2.81. The highest BCUT2D eigenvalue weighted by Crippen LogP contribution is 2.33. The molecule has 0 saturated carbocycles. The molecular weight excluding hydrogens is 452 g/mol. The lowest BCUT2D eigenvalue weighted by Gasteiger charge is -2.35. The second kappa shape index (κ2) is 8.64. The van der Waals surface area contributed by atoms with Crippen molar-refractivity contribution in [1.29, 1.82) is 0 Å². The van der Waals surface area contributed by atoms with Crippen LogP contribution in [0.2, 0.25) is 0 Å². The van der Waals surface area contributed by atoms with Gasteiger partial charge in [0.2, 0.25) is 5.88 Å². The summed E-state index contributed by atoms with van der Waals surface area (Å²) >= 11 is 0. The van der Waals surface area contributed by atoms with Crippen molar-refractivity contribution in [2.45, 2.75) is 57.1 Å². The summed E-state index contributed by atoms with van der Waals surface area (Å²) in [6, 6.07) is 3.22. The summed E-state index contributed by atoms with van der Waals surface area (Å²) < 4.78 is 89.9. The number of esters is 2. The molecule has 32 heavy (non-hydrogen) atoms. The molecule has 0 radical (unpaired) electrons. The van der Waals surface area contributed by atoms with Gasteiger partial charge in [0.05, 0.1) is 0 Å². The first-order valence-corrected chi connectivity index (χ1v) is 9.57. The molecule has 14 heteroatoms. The average molecular weight is 471 g/mol. The lowest BCUT2D eigenvalue weighted by molar-refractivity contribution is -0.331. The van der Waals surface area contributed by atoms with Crippen molar-refractivity contribution in [3.63, 3.8) is 0 Å². The van der Waals surface area contributed by atoms with Crippen molar-refractivity contribution >= 4 is 17.8 Å². The molecule has 2 aliphatic rings. The fraction of sp³-hybridized carbons (Fsp3) is 0.611. The summed E-state index contributed by atoms with van der Waals surface area (Å²) in [5.74, 6) is -9.27. The molecule has 2 aliphatic heterocycles. The molecule has 0 aromatic carbocycles. The van der Waals surface area contributed by atoms with Crippen LogP contribution in [-0.2, 0) is 25.6 Å². The first kappa shape index (κ1) is 23.9. The van der Waals surface area contributed by atoms with Gasteiger partial charge >= 0.3 is 30.3 Å². The molecule has 1 N–H and O–H groups in total. The molecular formula is C18H19F6N3O5. The molecule has 178 valence electrons. The van der Waals surface area contributed by atoms with Crippen LogP contribution >= 0.6 is 0 Å². The number of rotatable bonds is 3. The monoisotopic (exact) mass is 471 g/mol. The number of nitrogens with one attached hydrogen (secondary N) is 1. The molecule has 0 bridgehead atoms. The third-order valence-corrected chi connectivity index (χ3v) is 4.89. The molecule has 0 spiro atoms. The van der Waals surface area contributed by atoms with Crippen molar-refractivity contribution in [1.82, 2.24) is 10.3 Å². The molecule has 3 heterocycles. The number of nitrogens with zero attached hydrogens (tertiary/aromatic N) is 2. The molecule has 1 atom stereocenters. The molecule has 1 saturated heterocycles. The molecule has 0 amide bonds. The van der Waals surface area contributed by atoms with Gasteiger partial charge in [-0.1, -0.05) is 0 Å². The fourth-order valence-electron chi connectivity index (χ4n) is 3.35. The van der Waals surface area contributed by atoms with Crippen molar-refractivity contribution < 1.29 is 50.1 Å². The van der Waals surface area contributed by atoms with E-state index in [4.69, 9.17) is 4.74 Å². The Morgan fingerprint density at radius 3 is 2.31 bits per heavy atom. The standard InChI is InChI=1S/C18H19F6N3O5/c1-10-4-2-3-7-27(10)12-6-5-11-8-25-9-16(30-13(11)26-12,31-14(28)17(19,20)21)32-15(29)18(22,23)24/h5-6,10,25H,2-4,7-9H2,1H3. The van der Waals surface area contributed by atoms with Crippen LogP contribution in [-0.4, -0.2) is 54.4 Å². The van der Waals surface area contributed by atoms with Gasteiger partial charge in [0.1, 0.15) is 12.4 Å². The third-order valence-electron chi connectivity index (χ3n) is 4.89. The smallest absolute Gasteiger partial charge is 0.401 e. The van der Waals surface area contributed by atoms with Crippen LogP contribution in [0.15, 0.2) is 12.1 Å². The fourth-order valence-corrected chi connectivity index (χ4v) is 3.35. The number of ether oxygens (including phenoxy) is 3. The summed E-state index contributed by atoms with van der Waals surface area (Å²) in [7, 11) is 0. The molecule has 8 nitrogen and oxygen atoms in total. The Bertz CT molecular complexity index is 848. The minimum atomic E-state index is -5.59. The Kier molecular flexibility index (Phi) is 6.45. The van der Waals surface area contributed by atoms with Crippen LogP contribution in [0.25, 0.3) is 0 Å². The van der Waals surface area contributed by atoms with Crippen molar-refractivity contribution in [2.75, 3.05) is 18.0 Å². The Morgan fingerprint density at radius 1 is 1.12 bits per heavy atom. The number of pyridine rings is 1. The first-order valence-electron chi connectivity index (χ1n) is 9.57. The maximum absolute atomic E-state index is 12.8. The van der Waals surface area contributed by atoms with Crippen molar-refractivity contribution in [3.05, 3.63) is 17.7 Å². The van der Waals surface area contributed by atoms with Crippen LogP contribution in [0, 0.1) is 0 Å². The minimum absolute atomic E-state index is 0.0778. The number of aromatic nitrogens is 1. The van der Waals surface area contributed by atoms with E-state index in [2.05, 4.69) is 19.8 Å². The van der Waals surface area contributed by atoms with Crippen LogP contribution in [0.3, 0.4) is 0 Å². The van der Waals surface area contributed by atoms with E-state index < -0.39 is 42.7 Å². The van der Waals surface area contributed by atoms with Gasteiger partial charge in [0.15, 0.2) is 0 Å². The number of carbonyl (C=O) groups excluding carboxylic acids is 2. The molecule has 1 fully saturated rings. The predicted molar refractivity (Wildman–Crippen MR) is 94.3 cm³/mol. The second-order valence-corrected chi connectivity index (χ2v) is 7.34. The average Bonchev–Trinajstić information content (AvgIpc) is 2.85. The zero-order valence-electron chi connectivity index (χ0n) is 16.7. The van der Waals surface area contributed by atoms with Crippen LogP contribution in [0.5, 0.6) is 5.88 Å². The first-order chi connectivity index (χ1) is 14.8. The van der Waals surface area contributed by atoms with Gasteiger partial charge in [-0.25, -0.2) is 9.59 Å². The summed E-state index contributed by atoms with van der Waals surface area (Å²) in [5.41, 5.74) is 0.242. The van der Waals surface area contributed by atoms with Crippen LogP contribution in [0.4, 0.5) is 32.2 Å². The van der Waals surface area contributed by atoms with Gasteiger partial charge < -0.3 is 24.4 Å². The van der Waals surface area contributed by atoms with E-state index in [1.807, 2.05) is 11.8 Å². The van der Waals surface area contributed by atoms with E-state index in [1.54, 1.807) is 6.07 Å². The second-order valence-electron chi connectivity index (χ2n) is 7.34. The van der Waals surface area contributed by atoms with E-state index in [1.165, 1.54) is 6.07 Å². The maximum Gasteiger partial charge on any atom is 0.491 e. The van der Waals surface area contributed by atoms with Crippen molar-refractivity contribution in [2.24, 2.45) is 0 Å². The quantitative estimate of drug-likeness (QED) is 0.409. The number of piperidine rings is 1. The molecule has 0 aliphatic carbocycles. The van der Waals surface area contributed by atoms with E-state index in [0.29, 0.717) is 12.4 Å². The number of halogens is 6. The van der Waals surface area contributed by atoms with Crippen LogP contribution < -0.4 is 15.0 Å². The maximum atomic E-state index is 12.8. The van der Waals surface area contributed by atoms with Gasteiger partial charge in [-0.05, 0) is 38.3 Å². The number of anilines is 1. The number of alkyl halides is 6. The summed E-state index contributed by atoms with van der Waals surface area (Å²) in [6.45, 7) is 1.44. The molecule has 1 unspecified atom stereocenters. The van der Waals surface area contributed by atoms with Gasteiger partial charge in [-0.3, -0.25) is 0 Å². The van der Waals surface area contributed by atoms with E-state index in [9.17, 15) is 35.9 Å². The highest BCUT2D eigenvalue weighted by molar-refractivity contribution is 5.78. The summed E-state index contributed by atoms with van der Waals surface area (Å²) in [4.78, 5) is 28.9. The SMILES string of the molecule is CC1CCCCN1c1ccc2c(n1)OC(OC(=O)C(F)(F)F)(OC(=O)C(F)(F)F)CNC2. The Morgan fingerprint density at radius 2 is 1.75 bits per heavy atom. The highest BCUT2D eigenvalue weighted by atomic mass is 19.4. The van der Waals surface area contributed by atoms with E-state index in [-0.39, 0.29) is 18.2 Å². The Balaban J connectivity index is 1.97. The summed E-state index contributed by atoms with van der Waals surface area (Å²) in [5, 5.41) is 2.45. The molecule has 1 aromatic rings. The zero-order chi connectivity index (χ0) is 23.7. The van der Waals surface area contributed by atoms with Crippen LogP contribution in [0.1, 0.15) is 31.7 Å². The zero-order valence-corrected chi connectivity index (χ0v) is 16.7. The Labute approximate surface area is 177 Å². The molecule has 1 aromatic heterocycles. The largest absolute Gasteiger partial charge is 0.491 e. The van der Waals surface area contributed by atoms with Gasteiger partial charge in [0, 0.05) is 24.7 Å². The number of carbonyl (C=O) groups is 2. The number of hydrogen-bond donors (Lipinski definition) is 1. The highest BCUT2D eigenvalue weighted by Gasteiger charge is 2.55. The lowest BCUT2D eigenvalue weighted by atomic mass is 10.0.